The van der Waals surface area contributed by atoms with E-state index in [9.17, 15) is 0 Å². The molecule has 0 amide bonds. The Bertz CT molecular complexity index is 170. The molecule has 0 atom stereocenters. The first-order chi connectivity index (χ1) is 8.93. The molecule has 116 valence electrons. The van der Waals surface area contributed by atoms with E-state index in [1.165, 1.54) is 96.7 Å². The van der Waals surface area contributed by atoms with E-state index in [0.717, 1.165) is 0 Å². The fourth-order valence-electron chi connectivity index (χ4n) is 2.72. The molecule has 0 radical (unpaired) electrons. The van der Waals surface area contributed by atoms with E-state index in [2.05, 4.69) is 17.4 Å². The number of nitrogens with zero attached hydrogens (tertiary/aromatic N) is 1. The third-order valence-electron chi connectivity index (χ3n) is 3.97. The van der Waals surface area contributed by atoms with E-state index in [1.54, 1.807) is 0 Å². The van der Waals surface area contributed by atoms with Crippen LogP contribution in [0.3, 0.4) is 0 Å². The highest BCUT2D eigenvalue weighted by molar-refractivity contribution is 8.93. The molecule has 1 aliphatic heterocycles. The molecule has 1 N–H and O–H groups in total. The van der Waals surface area contributed by atoms with Crippen LogP contribution in [0.15, 0.2) is 0 Å². The second-order valence-electron chi connectivity index (χ2n) is 5.78. The Morgan fingerprint density at radius 3 is 1.74 bits per heavy atom. The standard InChI is InChI=1S/C16H34N2.BrH/c1-2-3-4-5-6-7-8-9-10-11-14-17-18-15-12-13-16-18;/h17H,2-16H2,1H3;1H. The van der Waals surface area contributed by atoms with Gasteiger partial charge in [0.2, 0.25) is 0 Å². The summed E-state index contributed by atoms with van der Waals surface area (Å²) in [6, 6.07) is 0. The van der Waals surface area contributed by atoms with Crippen molar-refractivity contribution in [2.24, 2.45) is 0 Å². The molecule has 0 spiro atoms. The average Bonchev–Trinajstić information content (AvgIpc) is 2.89. The molecule has 3 heteroatoms. The van der Waals surface area contributed by atoms with Gasteiger partial charge in [-0.25, -0.2) is 5.01 Å². The van der Waals surface area contributed by atoms with E-state index in [0.29, 0.717) is 0 Å². The highest BCUT2D eigenvalue weighted by Gasteiger charge is 2.09. The van der Waals surface area contributed by atoms with Crippen molar-refractivity contribution >= 4 is 17.0 Å². The van der Waals surface area contributed by atoms with E-state index in [4.69, 9.17) is 0 Å². The van der Waals surface area contributed by atoms with Crippen molar-refractivity contribution in [3.8, 4) is 0 Å². The summed E-state index contributed by atoms with van der Waals surface area (Å²) in [5.41, 5.74) is 3.54. The van der Waals surface area contributed by atoms with Crippen LogP contribution in [0, 0.1) is 0 Å². The van der Waals surface area contributed by atoms with Gasteiger partial charge in [-0.05, 0) is 19.3 Å². The van der Waals surface area contributed by atoms with Crippen molar-refractivity contribution < 1.29 is 0 Å². The van der Waals surface area contributed by atoms with E-state index in [-0.39, 0.29) is 17.0 Å². The minimum absolute atomic E-state index is 0. The van der Waals surface area contributed by atoms with Gasteiger partial charge in [0, 0.05) is 19.6 Å². The Labute approximate surface area is 131 Å². The lowest BCUT2D eigenvalue weighted by atomic mass is 10.1. The zero-order valence-electron chi connectivity index (χ0n) is 13.0. The van der Waals surface area contributed by atoms with Crippen molar-refractivity contribution in [3.05, 3.63) is 0 Å². The highest BCUT2D eigenvalue weighted by atomic mass is 79.9. The SMILES string of the molecule is Br.CCCCCCCCCCCCNN1CCCC1. The zero-order chi connectivity index (χ0) is 12.9. The van der Waals surface area contributed by atoms with Crippen LogP contribution >= 0.6 is 17.0 Å². The summed E-state index contributed by atoms with van der Waals surface area (Å²) in [7, 11) is 0. The van der Waals surface area contributed by atoms with Crippen LogP contribution < -0.4 is 5.43 Å². The van der Waals surface area contributed by atoms with Gasteiger partial charge < -0.3 is 0 Å². The van der Waals surface area contributed by atoms with E-state index < -0.39 is 0 Å². The van der Waals surface area contributed by atoms with Crippen molar-refractivity contribution in [1.82, 2.24) is 10.4 Å². The number of hydrazine groups is 1. The topological polar surface area (TPSA) is 15.3 Å². The predicted octanol–water partition coefficient (Wildman–Crippen LogP) is 5.09. The first kappa shape index (κ1) is 19.4. The van der Waals surface area contributed by atoms with Gasteiger partial charge in [-0.15, -0.1) is 17.0 Å². The summed E-state index contributed by atoms with van der Waals surface area (Å²) in [5.74, 6) is 0. The van der Waals surface area contributed by atoms with Gasteiger partial charge in [0.1, 0.15) is 0 Å². The lowest BCUT2D eigenvalue weighted by Crippen LogP contribution is -2.35. The van der Waals surface area contributed by atoms with E-state index in [1.807, 2.05) is 0 Å². The second-order valence-corrected chi connectivity index (χ2v) is 5.78. The molecule has 1 rings (SSSR count). The summed E-state index contributed by atoms with van der Waals surface area (Å²) in [4.78, 5) is 0. The monoisotopic (exact) mass is 334 g/mol. The molecule has 0 aromatic heterocycles. The van der Waals surface area contributed by atoms with Crippen molar-refractivity contribution in [1.29, 1.82) is 0 Å². The Morgan fingerprint density at radius 1 is 0.737 bits per heavy atom. The molecule has 19 heavy (non-hydrogen) atoms. The predicted molar refractivity (Wildman–Crippen MR) is 91.0 cm³/mol. The van der Waals surface area contributed by atoms with Gasteiger partial charge in [0.25, 0.3) is 0 Å². The van der Waals surface area contributed by atoms with Crippen LogP contribution in [-0.4, -0.2) is 24.6 Å². The fraction of sp³-hybridized carbons (Fsp3) is 1.00. The third-order valence-corrected chi connectivity index (χ3v) is 3.97. The number of nitrogens with one attached hydrogen (secondary N) is 1. The Balaban J connectivity index is 0.00000324. The lowest BCUT2D eigenvalue weighted by molar-refractivity contribution is 0.233. The normalized spacial score (nSPS) is 15.6. The minimum Gasteiger partial charge on any atom is -0.255 e. The van der Waals surface area contributed by atoms with Crippen LogP contribution in [0.4, 0.5) is 0 Å². The largest absolute Gasteiger partial charge is 0.255 e. The molecule has 0 aliphatic carbocycles. The van der Waals surface area contributed by atoms with Gasteiger partial charge in [0.15, 0.2) is 0 Å². The minimum atomic E-state index is 0. The van der Waals surface area contributed by atoms with Crippen LogP contribution in [0.5, 0.6) is 0 Å². The van der Waals surface area contributed by atoms with Crippen LogP contribution in [0.25, 0.3) is 0 Å². The zero-order valence-corrected chi connectivity index (χ0v) is 14.7. The summed E-state index contributed by atoms with van der Waals surface area (Å²) in [5, 5.41) is 2.40. The maximum atomic E-state index is 3.54. The Hall–Kier alpha value is 0.400. The maximum Gasteiger partial charge on any atom is 0.0131 e. The average molecular weight is 335 g/mol. The Kier molecular flexibility index (Phi) is 15.1. The van der Waals surface area contributed by atoms with E-state index >= 15 is 0 Å². The molecular formula is C16H35BrN2. The molecular weight excluding hydrogens is 300 g/mol. The summed E-state index contributed by atoms with van der Waals surface area (Å²) in [6.45, 7) is 6.00. The smallest absolute Gasteiger partial charge is 0.0131 e. The van der Waals surface area contributed by atoms with Crippen molar-refractivity contribution in [2.75, 3.05) is 19.6 Å². The first-order valence-electron chi connectivity index (χ1n) is 8.42. The molecule has 1 aliphatic rings. The first-order valence-corrected chi connectivity index (χ1v) is 8.42. The number of unbranched alkanes of at least 4 members (excludes halogenated alkanes) is 9. The van der Waals surface area contributed by atoms with Gasteiger partial charge >= 0.3 is 0 Å². The van der Waals surface area contributed by atoms with Gasteiger partial charge in [-0.3, -0.25) is 5.43 Å². The highest BCUT2D eigenvalue weighted by Crippen LogP contribution is 2.10. The molecule has 1 heterocycles. The quantitative estimate of drug-likeness (QED) is 0.500. The second kappa shape index (κ2) is 14.8. The number of hydrogen-bond acceptors (Lipinski definition) is 2. The van der Waals surface area contributed by atoms with Crippen molar-refractivity contribution in [3.63, 3.8) is 0 Å². The summed E-state index contributed by atoms with van der Waals surface area (Å²) >= 11 is 0. The number of rotatable bonds is 12. The molecule has 0 bridgehead atoms. The summed E-state index contributed by atoms with van der Waals surface area (Å²) in [6.07, 6.45) is 17.1. The molecule has 1 saturated heterocycles. The van der Waals surface area contributed by atoms with Gasteiger partial charge in [-0.1, -0.05) is 64.7 Å². The maximum absolute atomic E-state index is 3.54. The Morgan fingerprint density at radius 2 is 1.21 bits per heavy atom. The van der Waals surface area contributed by atoms with Gasteiger partial charge in [0.05, 0.1) is 0 Å². The van der Waals surface area contributed by atoms with Gasteiger partial charge in [-0.2, -0.15) is 0 Å². The van der Waals surface area contributed by atoms with Crippen LogP contribution in [-0.2, 0) is 0 Å². The van der Waals surface area contributed by atoms with Crippen molar-refractivity contribution in [2.45, 2.75) is 84.0 Å². The molecule has 0 aromatic carbocycles. The third kappa shape index (κ3) is 11.9. The summed E-state index contributed by atoms with van der Waals surface area (Å²) < 4.78 is 0. The lowest BCUT2D eigenvalue weighted by Gasteiger charge is -2.15. The molecule has 1 fully saturated rings. The van der Waals surface area contributed by atoms with Crippen LogP contribution in [0.2, 0.25) is 0 Å². The van der Waals surface area contributed by atoms with Crippen LogP contribution in [0.1, 0.15) is 84.0 Å². The molecule has 0 aromatic rings. The molecule has 0 unspecified atom stereocenters. The number of hydrogen-bond donors (Lipinski definition) is 1. The number of halogens is 1. The molecule has 0 saturated carbocycles. The molecule has 2 nitrogen and oxygen atoms in total. The fourth-order valence-corrected chi connectivity index (χ4v) is 2.72.